The Hall–Kier alpha value is -6.82. The zero-order valence-electron chi connectivity index (χ0n) is 33.9. The maximum Gasteiger partial charge on any atom is 0.491 e. The Morgan fingerprint density at radius 2 is 1.17 bits per heavy atom. The summed E-state index contributed by atoms with van der Waals surface area (Å²) in [6, 6.07) is 17.5. The Morgan fingerprint density at radius 1 is 0.703 bits per heavy atom. The van der Waals surface area contributed by atoms with E-state index in [9.17, 15) is 58.7 Å². The highest BCUT2D eigenvalue weighted by molar-refractivity contribution is 7.25. The summed E-state index contributed by atoms with van der Waals surface area (Å²) in [5.41, 5.74) is 10.5. The monoisotopic (exact) mass is 940 g/mol. The van der Waals surface area contributed by atoms with Gasteiger partial charge in [-0.15, -0.1) is 22.7 Å². The molecule has 1 amide bonds. The maximum atomic E-state index is 13.8. The molecule has 0 radical (unpaired) electrons. The number of hydrogen-bond acceptors (Lipinski definition) is 13. The van der Waals surface area contributed by atoms with Gasteiger partial charge in [-0.05, 0) is 50.2 Å². The summed E-state index contributed by atoms with van der Waals surface area (Å²) >= 11 is 2.36. The number of carbonyl (C=O) groups is 3. The van der Waals surface area contributed by atoms with Crippen LogP contribution in [-0.4, -0.2) is 77.9 Å². The summed E-state index contributed by atoms with van der Waals surface area (Å²) in [5, 5.41) is 4.17. The molecular formula is C40H33F9N8O5S2. The largest absolute Gasteiger partial charge is 0.491 e. The molecule has 13 nitrogen and oxygen atoms in total. The quantitative estimate of drug-likeness (QED) is 0.0961. The maximum absolute atomic E-state index is 13.8. The van der Waals surface area contributed by atoms with Crippen LogP contribution in [0.4, 0.5) is 62.3 Å². The Bertz CT molecular complexity index is 2900. The number of nitrogens with zero attached hydrogens (tertiary/aromatic N) is 6. The highest BCUT2D eigenvalue weighted by Crippen LogP contribution is 2.40. The molecule has 0 saturated carbocycles. The second-order valence-corrected chi connectivity index (χ2v) is 15.8. The fourth-order valence-electron chi connectivity index (χ4n) is 5.69. The summed E-state index contributed by atoms with van der Waals surface area (Å²) < 4.78 is 112. The lowest BCUT2D eigenvalue weighted by Gasteiger charge is -2.16. The number of alkyl halides is 9. The Balaban J connectivity index is 0.000000193. The summed E-state index contributed by atoms with van der Waals surface area (Å²) in [7, 11) is 7.43. The van der Waals surface area contributed by atoms with Crippen molar-refractivity contribution in [2.75, 3.05) is 49.0 Å². The number of benzene rings is 2. The summed E-state index contributed by atoms with van der Waals surface area (Å²) in [5.74, 6) is -7.86. The molecule has 5 aromatic heterocycles. The van der Waals surface area contributed by atoms with Crippen molar-refractivity contribution in [2.24, 2.45) is 0 Å². The predicted octanol–water partition coefficient (Wildman–Crippen LogP) is 9.07. The number of thiophene rings is 2. The molecule has 0 aliphatic carbocycles. The van der Waals surface area contributed by atoms with Crippen molar-refractivity contribution in [1.29, 1.82) is 0 Å². The molecule has 0 unspecified atom stereocenters. The molecule has 3 N–H and O–H groups in total. The molecule has 24 heteroatoms. The number of esters is 2. The van der Waals surface area contributed by atoms with Crippen molar-refractivity contribution in [2.45, 2.75) is 32.4 Å². The number of nitrogens with two attached hydrogens (primary N) is 1. The van der Waals surface area contributed by atoms with Gasteiger partial charge in [0, 0.05) is 46.3 Å². The molecule has 64 heavy (non-hydrogen) atoms. The molecule has 0 aliphatic heterocycles. The van der Waals surface area contributed by atoms with Crippen LogP contribution in [-0.2, 0) is 20.5 Å². The van der Waals surface area contributed by atoms with Crippen LogP contribution in [0.25, 0.3) is 36.3 Å². The number of aromatic nitrogens is 4. The van der Waals surface area contributed by atoms with Gasteiger partial charge in [0.2, 0.25) is 5.82 Å². The van der Waals surface area contributed by atoms with E-state index in [1.54, 1.807) is 49.6 Å². The minimum Gasteiger partial charge on any atom is -0.397 e. The standard InChI is InChI=1S/C19H15F3N4OS.C17H18N4OS.C4F6O3/c1-10-4-6-11(7-5-10)26-17(27)15-14(24-18(26)19(20,21)22)13-12(25(2)3)8-9-23-16(13)28-15;1-10-4-6-11(7-5-10)20-16(22)15-14(18)13-12(21(2)3)8-9-19-17(13)23-15;5-3(6,7)1(11)13-2(12)4(8,9)10/h4-9H,1-3H3;4-9H,18H2,1-3H3,(H,20,22);. The Labute approximate surface area is 363 Å². The number of anilines is 4. The van der Waals surface area contributed by atoms with Crippen LogP contribution in [0.1, 0.15) is 26.6 Å². The van der Waals surface area contributed by atoms with E-state index < -0.39 is 41.9 Å². The van der Waals surface area contributed by atoms with E-state index in [0.29, 0.717) is 31.0 Å². The number of nitrogen functional groups attached to an aromatic ring is 1. The number of halogens is 9. The Morgan fingerprint density at radius 3 is 1.64 bits per heavy atom. The molecule has 5 heterocycles. The van der Waals surface area contributed by atoms with Gasteiger partial charge in [0.05, 0.1) is 33.5 Å². The molecule has 0 bridgehead atoms. The van der Waals surface area contributed by atoms with Gasteiger partial charge in [-0.2, -0.15) is 39.5 Å². The van der Waals surface area contributed by atoms with Crippen LogP contribution in [0.3, 0.4) is 0 Å². The number of pyridine rings is 2. The van der Waals surface area contributed by atoms with Crippen molar-refractivity contribution < 1.29 is 58.6 Å². The normalized spacial score (nSPS) is 11.7. The molecule has 2 aromatic carbocycles. The van der Waals surface area contributed by atoms with Gasteiger partial charge >= 0.3 is 30.5 Å². The van der Waals surface area contributed by atoms with Crippen molar-refractivity contribution >= 4 is 93.9 Å². The van der Waals surface area contributed by atoms with Crippen LogP contribution < -0.4 is 26.4 Å². The van der Waals surface area contributed by atoms with Crippen molar-refractivity contribution in [1.82, 2.24) is 19.5 Å². The summed E-state index contributed by atoms with van der Waals surface area (Å²) in [4.78, 5) is 62.9. The van der Waals surface area contributed by atoms with E-state index in [4.69, 9.17) is 5.73 Å². The van der Waals surface area contributed by atoms with E-state index in [1.807, 2.05) is 63.2 Å². The summed E-state index contributed by atoms with van der Waals surface area (Å²) in [6.45, 7) is 3.82. The van der Waals surface area contributed by atoms with Crippen LogP contribution in [0.2, 0.25) is 0 Å². The molecule has 0 spiro atoms. The molecule has 0 fully saturated rings. The van der Waals surface area contributed by atoms with Crippen LogP contribution in [0.15, 0.2) is 77.9 Å². The molecule has 7 aromatic rings. The van der Waals surface area contributed by atoms with Gasteiger partial charge in [-0.25, -0.2) is 24.5 Å². The molecule has 338 valence electrons. The van der Waals surface area contributed by atoms with Gasteiger partial charge in [0.15, 0.2) is 0 Å². The highest BCUT2D eigenvalue weighted by Gasteiger charge is 2.49. The molecule has 0 saturated heterocycles. The van der Waals surface area contributed by atoms with Gasteiger partial charge in [0.1, 0.15) is 24.8 Å². The number of carbonyl (C=O) groups excluding carboxylic acids is 3. The van der Waals surface area contributed by atoms with Crippen molar-refractivity contribution in [3.63, 3.8) is 0 Å². The minimum atomic E-state index is -5.62. The third-order valence-corrected chi connectivity index (χ3v) is 10.8. The minimum absolute atomic E-state index is 0.0255. The highest BCUT2D eigenvalue weighted by atomic mass is 32.1. The van der Waals surface area contributed by atoms with E-state index in [2.05, 4.69) is 25.0 Å². The smallest absolute Gasteiger partial charge is 0.397 e. The van der Waals surface area contributed by atoms with Gasteiger partial charge in [-0.3, -0.25) is 14.2 Å². The molecular weight excluding hydrogens is 908 g/mol. The lowest BCUT2D eigenvalue weighted by Crippen LogP contribution is -2.34. The molecule has 0 atom stereocenters. The average Bonchev–Trinajstić information content (AvgIpc) is 3.76. The second-order valence-electron chi connectivity index (χ2n) is 13.8. The number of fused-ring (bicyclic) bond motifs is 4. The first-order chi connectivity index (χ1) is 29.7. The van der Waals surface area contributed by atoms with E-state index in [-0.39, 0.29) is 21.8 Å². The predicted molar refractivity (Wildman–Crippen MR) is 225 cm³/mol. The first kappa shape index (κ1) is 48.2. The van der Waals surface area contributed by atoms with Gasteiger partial charge in [-0.1, -0.05) is 35.4 Å². The molecule has 0 aliphatic rings. The lowest BCUT2D eigenvalue weighted by atomic mass is 10.2. The van der Waals surface area contributed by atoms with Crippen molar-refractivity contribution in [3.8, 4) is 5.69 Å². The van der Waals surface area contributed by atoms with Crippen molar-refractivity contribution in [3.05, 3.63) is 105 Å². The second kappa shape index (κ2) is 18.5. The molecule has 7 rings (SSSR count). The number of hydrogen-bond donors (Lipinski definition) is 2. The lowest BCUT2D eigenvalue weighted by molar-refractivity contribution is -0.221. The van der Waals surface area contributed by atoms with Crippen LogP contribution in [0, 0.1) is 13.8 Å². The first-order valence-corrected chi connectivity index (χ1v) is 19.6. The number of aryl methyl sites for hydroxylation is 2. The Kier molecular flexibility index (Phi) is 13.9. The van der Waals surface area contributed by atoms with Crippen LogP contribution >= 0.6 is 22.7 Å². The third kappa shape index (κ3) is 10.7. The average molecular weight is 941 g/mol. The van der Waals surface area contributed by atoms with Gasteiger partial charge in [0.25, 0.3) is 11.5 Å². The van der Waals surface area contributed by atoms with E-state index >= 15 is 0 Å². The van der Waals surface area contributed by atoms with Crippen LogP contribution in [0.5, 0.6) is 0 Å². The number of ether oxygens (including phenoxy) is 1. The SMILES string of the molecule is Cc1ccc(-n2c(C(F)(F)F)nc3c(sc4nccc(N(C)C)c43)c2=O)cc1.Cc1ccc(NC(=O)c2sc3nccc(N(C)C)c3c2N)cc1.O=C(OC(=O)C(F)(F)F)C(F)(F)F. The third-order valence-electron chi connectivity index (χ3n) is 8.65. The van der Waals surface area contributed by atoms with Gasteiger partial charge < -0.3 is 25.6 Å². The van der Waals surface area contributed by atoms with E-state index in [0.717, 1.165) is 44.1 Å². The zero-order chi connectivity index (χ0) is 47.6. The summed E-state index contributed by atoms with van der Waals surface area (Å²) in [6.07, 6.45) is -12.7. The number of amides is 1. The number of rotatable bonds is 5. The number of nitrogens with one attached hydrogen (secondary N) is 1. The fraction of sp³-hybridized carbons (Fsp3) is 0.225. The fourth-order valence-corrected chi connectivity index (χ4v) is 7.70. The first-order valence-electron chi connectivity index (χ1n) is 18.0. The van der Waals surface area contributed by atoms with E-state index in [1.165, 1.54) is 23.5 Å². The topological polar surface area (TPSA) is 166 Å². The zero-order valence-corrected chi connectivity index (χ0v) is 35.6.